The number of nitrogens with one attached hydrogen (secondary N) is 1. The molecule has 4 rings (SSSR count). The highest BCUT2D eigenvalue weighted by molar-refractivity contribution is 7.89. The Bertz CT molecular complexity index is 1680. The molecule has 0 bridgehead atoms. The molecule has 2 aromatic carbocycles. The maximum Gasteiger partial charge on any atom is 0.410 e. The molecule has 50 heavy (non-hydrogen) atoms. The summed E-state index contributed by atoms with van der Waals surface area (Å²) in [6.45, 7) is 0.276. The van der Waals surface area contributed by atoms with E-state index in [-0.39, 0.29) is 15.6 Å². The van der Waals surface area contributed by atoms with Crippen molar-refractivity contribution in [2.24, 2.45) is 0 Å². The van der Waals surface area contributed by atoms with Crippen LogP contribution in [0.4, 0.5) is 10.5 Å². The third-order valence-electron chi connectivity index (χ3n) is 8.21. The van der Waals surface area contributed by atoms with Crippen LogP contribution in [0.2, 0.25) is 0 Å². The van der Waals surface area contributed by atoms with Gasteiger partial charge in [-0.25, -0.2) is 13.2 Å². The van der Waals surface area contributed by atoms with Crippen LogP contribution in [-0.2, 0) is 30.7 Å². The summed E-state index contributed by atoms with van der Waals surface area (Å²) in [5, 5.41) is 139. The van der Waals surface area contributed by atoms with Crippen molar-refractivity contribution in [2.75, 3.05) is 12.3 Å². The highest BCUT2D eigenvalue weighted by Gasteiger charge is 2.98. The Labute approximate surface area is 281 Å². The molecule has 1 amide bonds. The number of rotatable bonds is 11. The third-order valence-corrected chi connectivity index (χ3v) is 10.1. The van der Waals surface area contributed by atoms with Crippen LogP contribution in [0.25, 0.3) is 0 Å². The van der Waals surface area contributed by atoms with E-state index in [9.17, 15) is 79.6 Å². The van der Waals surface area contributed by atoms with E-state index in [0.29, 0.717) is 0 Å². The van der Waals surface area contributed by atoms with Crippen LogP contribution in [0.5, 0.6) is 0 Å². The Balaban J connectivity index is 1.73. The van der Waals surface area contributed by atoms with Gasteiger partial charge in [-0.3, -0.25) is 9.47 Å². The van der Waals surface area contributed by atoms with Gasteiger partial charge in [0.15, 0.2) is 0 Å². The smallest absolute Gasteiger partial charge is 0.404 e. The van der Waals surface area contributed by atoms with Crippen molar-refractivity contribution in [3.63, 3.8) is 0 Å². The van der Waals surface area contributed by atoms with Gasteiger partial charge in [-0.15, -0.1) is 4.31 Å². The topological polar surface area (TPSA) is 383 Å². The molecule has 2 aliphatic rings. The Morgan fingerprint density at radius 1 is 0.900 bits per heavy atom. The van der Waals surface area contributed by atoms with Crippen molar-refractivity contribution < 1.29 is 93.8 Å². The van der Waals surface area contributed by atoms with Crippen LogP contribution in [0.1, 0.15) is 19.4 Å². The average molecular weight is 740 g/mol. The summed E-state index contributed by atoms with van der Waals surface area (Å²) >= 11 is 0. The molecule has 2 heterocycles. The number of nitrogens with two attached hydrogens (primary N) is 1. The van der Waals surface area contributed by atoms with Gasteiger partial charge in [0.25, 0.3) is 17.3 Å². The van der Waals surface area contributed by atoms with E-state index in [1.165, 1.54) is 24.3 Å². The normalized spacial score (nSPS) is 28.6. The fraction of sp³-hybridized carbons (Fsp3) is 0.519. The summed E-state index contributed by atoms with van der Waals surface area (Å²) in [5.41, 5.74) is -1.34. The minimum Gasteiger partial charge on any atom is -0.404 e. The summed E-state index contributed by atoms with van der Waals surface area (Å²) in [6.07, 6.45) is -4.92. The van der Waals surface area contributed by atoms with Crippen LogP contribution in [-0.4, -0.2) is 150 Å². The fourth-order valence-corrected chi connectivity index (χ4v) is 6.85. The number of sulfonamides is 1. The Morgan fingerprint density at radius 2 is 1.42 bits per heavy atom. The molecule has 0 radical (unpaired) electrons. The molecule has 0 saturated carbocycles. The molecule has 0 aliphatic carbocycles. The number of anilines is 1. The number of benzene rings is 2. The zero-order chi connectivity index (χ0) is 38.1. The molecule has 16 N–H and O–H groups in total. The molecule has 23 heteroatoms. The number of aliphatic hydroxyl groups is 13. The van der Waals surface area contributed by atoms with E-state index < -0.39 is 92.7 Å². The summed E-state index contributed by atoms with van der Waals surface area (Å²) in [6, 6.07) is 9.78. The van der Waals surface area contributed by atoms with Crippen molar-refractivity contribution in [1.82, 2.24) is 9.62 Å². The number of hydrogen-bond donors (Lipinski definition) is 15. The van der Waals surface area contributed by atoms with E-state index in [0.717, 1.165) is 38.1 Å². The minimum absolute atomic E-state index is 0.114. The number of hydrogen-bond acceptors (Lipinski definition) is 20. The lowest BCUT2D eigenvalue weighted by molar-refractivity contribution is -0.530. The molecule has 2 fully saturated rings. The second kappa shape index (κ2) is 12.2. The van der Waals surface area contributed by atoms with E-state index >= 15 is 0 Å². The quantitative estimate of drug-likeness (QED) is 0.0752. The number of amides is 1. The van der Waals surface area contributed by atoms with Crippen molar-refractivity contribution in [1.29, 1.82) is 0 Å². The lowest BCUT2D eigenvalue weighted by Crippen LogP contribution is -2.78. The van der Waals surface area contributed by atoms with Gasteiger partial charge in [-0.2, -0.15) is 0 Å². The SMILES string of the molecule is CC(C)(O)C(O)(O)N(CC(O)C(Cc1ccccc1)NC(=O)OC1(O)C(O)(O)OC2(O)OC(O)(O)C(O)(O)C21O)S(=O)(=O)c1ccc(N)cc1. The van der Waals surface area contributed by atoms with E-state index in [1.54, 1.807) is 6.07 Å². The van der Waals surface area contributed by atoms with Gasteiger partial charge in [0.1, 0.15) is 5.60 Å². The largest absolute Gasteiger partial charge is 0.410 e. The maximum absolute atomic E-state index is 13.7. The molecule has 0 aromatic heterocycles. The predicted molar refractivity (Wildman–Crippen MR) is 156 cm³/mol. The number of nitrogens with zero attached hydrogens (tertiary/aromatic N) is 1. The van der Waals surface area contributed by atoms with Gasteiger partial charge >= 0.3 is 29.8 Å². The Morgan fingerprint density at radius 3 is 1.94 bits per heavy atom. The lowest BCUT2D eigenvalue weighted by atomic mass is 9.83. The van der Waals surface area contributed by atoms with Crippen molar-refractivity contribution in [3.8, 4) is 0 Å². The highest BCUT2D eigenvalue weighted by atomic mass is 32.2. The monoisotopic (exact) mass is 739 g/mol. The van der Waals surface area contributed by atoms with Gasteiger partial charge in [0, 0.05) is 12.2 Å². The second-order valence-electron chi connectivity index (χ2n) is 12.2. The minimum atomic E-state index is -5.07. The first-order chi connectivity index (χ1) is 22.5. The zero-order valence-corrected chi connectivity index (χ0v) is 26.8. The molecule has 22 nitrogen and oxygen atoms in total. The van der Waals surface area contributed by atoms with Gasteiger partial charge in [-0.05, 0) is 50.1 Å². The summed E-state index contributed by atoms with van der Waals surface area (Å²) < 4.78 is 39.8. The summed E-state index contributed by atoms with van der Waals surface area (Å²) in [7, 11) is -5.07. The third kappa shape index (κ3) is 5.99. The lowest BCUT2D eigenvalue weighted by Gasteiger charge is -2.43. The predicted octanol–water partition coefficient (Wildman–Crippen LogP) is -6.55. The summed E-state index contributed by atoms with van der Waals surface area (Å²) in [4.78, 5) is 12.6. The van der Waals surface area contributed by atoms with Crippen LogP contribution in [0, 0.1) is 0 Å². The van der Waals surface area contributed by atoms with Gasteiger partial charge in [0.2, 0.25) is 10.0 Å². The number of carbonyl (C=O) groups is 1. The van der Waals surface area contributed by atoms with Crippen LogP contribution < -0.4 is 11.1 Å². The second-order valence-corrected chi connectivity index (χ2v) is 14.1. The van der Waals surface area contributed by atoms with Crippen molar-refractivity contribution >= 4 is 21.8 Å². The first kappa shape index (κ1) is 39.6. The number of nitrogen functional groups attached to an aromatic ring is 1. The molecule has 2 aromatic rings. The van der Waals surface area contributed by atoms with Crippen molar-refractivity contribution in [2.45, 2.75) is 83.9 Å². The molecule has 2 aliphatic heterocycles. The molecule has 0 spiro atoms. The standard InChI is InChI=1S/C27H37N3O19S/c1-20(2,33)24(38,39)30(50(45,46)16-10-8-15(28)9-11-16)13-18(31)17(12-14-6-4-3-5-7-14)29-19(32)47-23(37)21(34)22(35,36)25(40,41)48-27(21,44)49-26(23,42)43/h3-11,17-18,31,33-44H,12-13,28H2,1-2H3,(H,29,32). The number of alkyl carbamates (subject to hydrolysis) is 1. The molecule has 5 unspecified atom stereocenters. The van der Waals surface area contributed by atoms with Crippen molar-refractivity contribution in [3.05, 3.63) is 60.2 Å². The molecule has 5 atom stereocenters. The molecule has 2 saturated heterocycles. The average Bonchev–Trinajstić information content (AvgIpc) is 3.16. The molecular weight excluding hydrogens is 702 g/mol. The fourth-order valence-electron chi connectivity index (χ4n) is 5.21. The Hall–Kier alpha value is -3.18. The number of carbonyl (C=O) groups excluding carboxylic acids is 1. The van der Waals surface area contributed by atoms with Crippen LogP contribution in [0.15, 0.2) is 59.5 Å². The number of ether oxygens (including phenoxy) is 3. The first-order valence-corrected chi connectivity index (χ1v) is 15.6. The van der Waals surface area contributed by atoms with Crippen LogP contribution in [0.3, 0.4) is 0 Å². The number of fused-ring (bicyclic) bond motifs is 1. The van der Waals surface area contributed by atoms with Gasteiger partial charge < -0.3 is 82.2 Å². The highest BCUT2D eigenvalue weighted by Crippen LogP contribution is 2.61. The van der Waals surface area contributed by atoms with E-state index in [4.69, 9.17) is 5.73 Å². The Kier molecular flexibility index (Phi) is 9.67. The van der Waals surface area contributed by atoms with Crippen LogP contribution >= 0.6 is 0 Å². The zero-order valence-electron chi connectivity index (χ0n) is 26.0. The first-order valence-electron chi connectivity index (χ1n) is 14.2. The number of aliphatic hydroxyl groups excluding tert-OH is 1. The van der Waals surface area contributed by atoms with Gasteiger partial charge in [-0.1, -0.05) is 30.3 Å². The van der Waals surface area contributed by atoms with E-state index in [1.807, 2.05) is 5.32 Å². The van der Waals surface area contributed by atoms with E-state index in [2.05, 4.69) is 14.2 Å². The maximum atomic E-state index is 13.7. The van der Waals surface area contributed by atoms with Gasteiger partial charge in [0.05, 0.1) is 17.0 Å². The molecular formula is C27H37N3O19S. The summed E-state index contributed by atoms with van der Waals surface area (Å²) in [5.74, 6) is -26.5. The molecule has 280 valence electrons.